The van der Waals surface area contributed by atoms with Crippen LogP contribution in [0.4, 0.5) is 4.39 Å². The number of hydrogen-bond donors (Lipinski definition) is 0. The molecule has 0 radical (unpaired) electrons. The molecule has 0 atom stereocenters. The Bertz CT molecular complexity index is 385. The van der Waals surface area contributed by atoms with Crippen molar-refractivity contribution in [3.8, 4) is 0 Å². The highest BCUT2D eigenvalue weighted by Crippen LogP contribution is 2.13. The Morgan fingerprint density at radius 2 is 2.20 bits per heavy atom. The van der Waals surface area contributed by atoms with Gasteiger partial charge in [0, 0.05) is 5.56 Å². The molecule has 0 aliphatic carbocycles. The van der Waals surface area contributed by atoms with Crippen molar-refractivity contribution in [2.45, 2.75) is 13.3 Å². The highest BCUT2D eigenvalue weighted by atomic mass is 19.1. The number of Topliss-reactive ketones (excluding diaryl/α,β-unsaturated/α-hetero) is 1. The van der Waals surface area contributed by atoms with Crippen molar-refractivity contribution < 1.29 is 9.18 Å². The van der Waals surface area contributed by atoms with Crippen molar-refractivity contribution in [2.24, 2.45) is 0 Å². The summed E-state index contributed by atoms with van der Waals surface area (Å²) in [6.07, 6.45) is 1.18. The number of rotatable bonds is 3. The molecule has 1 saturated heterocycles. The second-order valence-corrected chi connectivity index (χ2v) is 4.01. The molecule has 1 aliphatic heterocycles. The number of hydrogen-bond acceptors (Lipinski definition) is 2. The van der Waals surface area contributed by atoms with Crippen molar-refractivity contribution in [1.29, 1.82) is 0 Å². The Morgan fingerprint density at radius 3 is 2.73 bits per heavy atom. The van der Waals surface area contributed by atoms with Crippen LogP contribution in [0, 0.1) is 12.7 Å². The summed E-state index contributed by atoms with van der Waals surface area (Å²) in [5.41, 5.74) is 1.36. The average molecular weight is 207 g/mol. The smallest absolute Gasteiger partial charge is 0.177 e. The molecule has 2 nitrogen and oxygen atoms in total. The van der Waals surface area contributed by atoms with E-state index in [1.807, 2.05) is 0 Å². The highest BCUT2D eigenvalue weighted by Gasteiger charge is 2.18. The lowest BCUT2D eigenvalue weighted by molar-refractivity contribution is 0.0874. The maximum Gasteiger partial charge on any atom is 0.177 e. The van der Waals surface area contributed by atoms with Gasteiger partial charge in [0.2, 0.25) is 0 Å². The molecule has 0 unspecified atom stereocenters. The van der Waals surface area contributed by atoms with Gasteiger partial charge in [-0.2, -0.15) is 0 Å². The van der Waals surface area contributed by atoms with Gasteiger partial charge in [0.15, 0.2) is 5.78 Å². The minimum Gasteiger partial charge on any atom is -0.296 e. The van der Waals surface area contributed by atoms with E-state index in [4.69, 9.17) is 0 Å². The van der Waals surface area contributed by atoms with Gasteiger partial charge in [0.1, 0.15) is 5.82 Å². The van der Waals surface area contributed by atoms with E-state index in [0.717, 1.165) is 18.7 Å². The topological polar surface area (TPSA) is 20.3 Å². The number of likely N-dealkylation sites (tertiary alicyclic amines) is 1. The third kappa shape index (κ3) is 2.23. The fraction of sp³-hybridized carbons (Fsp3) is 0.417. The van der Waals surface area contributed by atoms with Gasteiger partial charge in [0.25, 0.3) is 0 Å². The molecule has 2 rings (SSSR count). The van der Waals surface area contributed by atoms with Gasteiger partial charge in [-0.15, -0.1) is 0 Å². The summed E-state index contributed by atoms with van der Waals surface area (Å²) in [7, 11) is 0. The maximum atomic E-state index is 12.8. The minimum absolute atomic E-state index is 0.0900. The van der Waals surface area contributed by atoms with Gasteiger partial charge in [0.05, 0.1) is 6.54 Å². The summed E-state index contributed by atoms with van der Waals surface area (Å²) in [5, 5.41) is 0. The second kappa shape index (κ2) is 4.11. The number of aryl methyl sites for hydroxylation is 1. The standard InChI is InChI=1S/C12H14FNO/c1-9-7-10(13)3-4-11(9)12(15)8-14-5-2-6-14/h3-4,7H,2,5-6,8H2,1H3. The fourth-order valence-electron chi connectivity index (χ4n) is 1.77. The van der Waals surface area contributed by atoms with Gasteiger partial charge < -0.3 is 0 Å². The van der Waals surface area contributed by atoms with Crippen molar-refractivity contribution >= 4 is 5.78 Å². The maximum absolute atomic E-state index is 12.8. The molecule has 0 spiro atoms. The molecule has 0 saturated carbocycles. The third-order valence-corrected chi connectivity index (χ3v) is 2.80. The van der Waals surface area contributed by atoms with E-state index < -0.39 is 0 Å². The molecule has 0 aromatic heterocycles. The zero-order valence-electron chi connectivity index (χ0n) is 8.79. The summed E-state index contributed by atoms with van der Waals surface area (Å²) < 4.78 is 12.8. The van der Waals surface area contributed by atoms with Crippen molar-refractivity contribution in [3.63, 3.8) is 0 Å². The molecule has 80 valence electrons. The Labute approximate surface area is 88.7 Å². The van der Waals surface area contributed by atoms with Crippen LogP contribution in [0.25, 0.3) is 0 Å². The molecule has 1 aromatic rings. The van der Waals surface area contributed by atoms with E-state index in [-0.39, 0.29) is 11.6 Å². The van der Waals surface area contributed by atoms with Gasteiger partial charge in [-0.25, -0.2) is 4.39 Å². The number of benzene rings is 1. The molecule has 3 heteroatoms. The predicted octanol–water partition coefficient (Wildman–Crippen LogP) is 2.02. The Kier molecular flexibility index (Phi) is 2.82. The molecule has 0 bridgehead atoms. The van der Waals surface area contributed by atoms with Gasteiger partial charge in [-0.05, 0) is 50.2 Å². The summed E-state index contributed by atoms with van der Waals surface area (Å²) in [6, 6.07) is 4.33. The summed E-state index contributed by atoms with van der Waals surface area (Å²) in [6.45, 7) is 4.25. The van der Waals surface area contributed by atoms with Crippen molar-refractivity contribution in [1.82, 2.24) is 4.90 Å². The minimum atomic E-state index is -0.284. The Hall–Kier alpha value is -1.22. The number of carbonyl (C=O) groups is 1. The second-order valence-electron chi connectivity index (χ2n) is 4.01. The third-order valence-electron chi connectivity index (χ3n) is 2.80. The fourth-order valence-corrected chi connectivity index (χ4v) is 1.77. The van der Waals surface area contributed by atoms with Crippen LogP contribution in [0.3, 0.4) is 0 Å². The lowest BCUT2D eigenvalue weighted by Crippen LogP contribution is -2.40. The lowest BCUT2D eigenvalue weighted by atomic mass is 10.0. The molecule has 1 heterocycles. The molecule has 1 aromatic carbocycles. The lowest BCUT2D eigenvalue weighted by Gasteiger charge is -2.29. The zero-order chi connectivity index (χ0) is 10.8. The average Bonchev–Trinajstić information content (AvgIpc) is 2.11. The quantitative estimate of drug-likeness (QED) is 0.707. The van der Waals surface area contributed by atoms with Crippen LogP contribution in [0.1, 0.15) is 22.3 Å². The summed E-state index contributed by atoms with van der Waals surface area (Å²) in [4.78, 5) is 13.9. The van der Waals surface area contributed by atoms with E-state index in [1.165, 1.54) is 18.6 Å². The van der Waals surface area contributed by atoms with Crippen LogP contribution in [-0.4, -0.2) is 30.3 Å². The number of carbonyl (C=O) groups excluding carboxylic acids is 1. The number of halogens is 1. The Morgan fingerprint density at radius 1 is 1.47 bits per heavy atom. The normalized spacial score (nSPS) is 16.1. The van der Waals surface area contributed by atoms with Crippen LogP contribution < -0.4 is 0 Å². The Balaban J connectivity index is 2.10. The highest BCUT2D eigenvalue weighted by molar-refractivity contribution is 5.98. The van der Waals surface area contributed by atoms with Crippen molar-refractivity contribution in [3.05, 3.63) is 35.1 Å². The first-order chi connectivity index (χ1) is 7.16. The zero-order valence-corrected chi connectivity index (χ0v) is 8.79. The largest absolute Gasteiger partial charge is 0.296 e. The van der Waals surface area contributed by atoms with Crippen LogP contribution in [0.2, 0.25) is 0 Å². The van der Waals surface area contributed by atoms with Crippen molar-refractivity contribution in [2.75, 3.05) is 19.6 Å². The molecule has 0 N–H and O–H groups in total. The molecule has 0 amide bonds. The van der Waals surface area contributed by atoms with Crippen LogP contribution >= 0.6 is 0 Å². The van der Waals surface area contributed by atoms with E-state index in [0.29, 0.717) is 12.1 Å². The van der Waals surface area contributed by atoms with E-state index >= 15 is 0 Å². The monoisotopic (exact) mass is 207 g/mol. The van der Waals surface area contributed by atoms with Crippen LogP contribution in [0.15, 0.2) is 18.2 Å². The van der Waals surface area contributed by atoms with Crippen LogP contribution in [0.5, 0.6) is 0 Å². The van der Waals surface area contributed by atoms with Gasteiger partial charge in [-0.1, -0.05) is 0 Å². The first-order valence-electron chi connectivity index (χ1n) is 5.18. The van der Waals surface area contributed by atoms with Crippen LogP contribution in [-0.2, 0) is 0 Å². The van der Waals surface area contributed by atoms with Gasteiger partial charge in [-0.3, -0.25) is 9.69 Å². The summed E-state index contributed by atoms with van der Waals surface area (Å²) >= 11 is 0. The first-order valence-corrected chi connectivity index (χ1v) is 5.18. The molecule has 1 fully saturated rings. The van der Waals surface area contributed by atoms with E-state index in [1.54, 1.807) is 13.0 Å². The SMILES string of the molecule is Cc1cc(F)ccc1C(=O)CN1CCC1. The van der Waals surface area contributed by atoms with E-state index in [9.17, 15) is 9.18 Å². The predicted molar refractivity (Wildman–Crippen MR) is 56.5 cm³/mol. The number of ketones is 1. The first kappa shape index (κ1) is 10.3. The molecule has 1 aliphatic rings. The molecule has 15 heavy (non-hydrogen) atoms. The van der Waals surface area contributed by atoms with E-state index in [2.05, 4.69) is 4.90 Å². The number of nitrogens with zero attached hydrogens (tertiary/aromatic N) is 1. The molecular weight excluding hydrogens is 193 g/mol. The summed E-state index contributed by atoms with van der Waals surface area (Å²) in [5.74, 6) is -0.194. The molecular formula is C12H14FNO. The van der Waals surface area contributed by atoms with Gasteiger partial charge >= 0.3 is 0 Å².